The zero-order valence-electron chi connectivity index (χ0n) is 15.1. The van der Waals surface area contributed by atoms with Crippen molar-refractivity contribution in [3.63, 3.8) is 0 Å². The largest absolute Gasteiger partial charge is 0.469 e. The molecule has 0 aliphatic rings. The zero-order chi connectivity index (χ0) is 19.1. The summed E-state index contributed by atoms with van der Waals surface area (Å²) in [5.41, 5.74) is 3.64. The number of anilines is 2. The molecule has 0 aliphatic heterocycles. The molecule has 0 aliphatic carbocycles. The van der Waals surface area contributed by atoms with Gasteiger partial charge in [-0.2, -0.15) is 0 Å². The summed E-state index contributed by atoms with van der Waals surface area (Å²) in [5, 5.41) is 5.50. The zero-order valence-corrected chi connectivity index (χ0v) is 15.1. The molecule has 2 amide bonds. The Morgan fingerprint density at radius 1 is 0.923 bits per heavy atom. The molecule has 26 heavy (non-hydrogen) atoms. The predicted molar refractivity (Wildman–Crippen MR) is 100 cm³/mol. The van der Waals surface area contributed by atoms with Gasteiger partial charge in [0.05, 0.1) is 24.8 Å². The predicted octanol–water partition coefficient (Wildman–Crippen LogP) is 3.45. The van der Waals surface area contributed by atoms with Crippen molar-refractivity contribution >= 4 is 29.2 Å². The molecule has 0 unspecified atom stereocenters. The van der Waals surface area contributed by atoms with Crippen LogP contribution in [0.3, 0.4) is 0 Å². The molecule has 0 heterocycles. The number of para-hydroxylation sites is 1. The Balaban J connectivity index is 2.09. The van der Waals surface area contributed by atoms with Gasteiger partial charge in [-0.15, -0.1) is 0 Å². The van der Waals surface area contributed by atoms with Crippen molar-refractivity contribution in [3.8, 4) is 0 Å². The molecule has 6 heteroatoms. The minimum atomic E-state index is -0.457. The minimum Gasteiger partial charge on any atom is -0.469 e. The molecule has 0 bridgehead atoms. The van der Waals surface area contributed by atoms with Crippen LogP contribution in [-0.4, -0.2) is 24.9 Å². The smallest absolute Gasteiger partial charge is 0.306 e. The van der Waals surface area contributed by atoms with Gasteiger partial charge in [0, 0.05) is 12.1 Å². The first-order valence-electron chi connectivity index (χ1n) is 8.25. The van der Waals surface area contributed by atoms with Crippen LogP contribution in [0, 0.1) is 13.8 Å². The number of ether oxygens (including phenoxy) is 1. The van der Waals surface area contributed by atoms with Crippen molar-refractivity contribution in [2.45, 2.75) is 26.7 Å². The molecule has 0 radical (unpaired) electrons. The first kappa shape index (κ1) is 19.2. The fraction of sp³-hybridized carbons (Fsp3) is 0.250. The Morgan fingerprint density at radius 2 is 1.65 bits per heavy atom. The highest BCUT2D eigenvalue weighted by molar-refractivity contribution is 6.10. The average Bonchev–Trinajstić information content (AvgIpc) is 2.63. The summed E-state index contributed by atoms with van der Waals surface area (Å²) < 4.78 is 4.51. The van der Waals surface area contributed by atoms with Crippen molar-refractivity contribution in [2.75, 3.05) is 17.7 Å². The van der Waals surface area contributed by atoms with Gasteiger partial charge in [-0.05, 0) is 49.2 Å². The molecule has 0 fully saturated rings. The first-order valence-corrected chi connectivity index (χ1v) is 8.25. The summed E-state index contributed by atoms with van der Waals surface area (Å²) in [5.74, 6) is -1.14. The van der Waals surface area contributed by atoms with Crippen molar-refractivity contribution in [3.05, 3.63) is 59.2 Å². The maximum absolute atomic E-state index is 12.6. The number of nitrogens with one attached hydrogen (secondary N) is 2. The van der Waals surface area contributed by atoms with Gasteiger partial charge in [-0.1, -0.05) is 18.2 Å². The number of hydrogen-bond donors (Lipinski definition) is 2. The summed E-state index contributed by atoms with van der Waals surface area (Å²) in [4.78, 5) is 35.7. The lowest BCUT2D eigenvalue weighted by Crippen LogP contribution is -2.19. The molecule has 6 nitrogen and oxygen atoms in total. The topological polar surface area (TPSA) is 84.5 Å². The van der Waals surface area contributed by atoms with E-state index in [-0.39, 0.29) is 24.7 Å². The number of benzene rings is 2. The Morgan fingerprint density at radius 3 is 2.35 bits per heavy atom. The van der Waals surface area contributed by atoms with E-state index in [0.29, 0.717) is 16.9 Å². The number of carbonyl (C=O) groups excluding carboxylic acids is 3. The van der Waals surface area contributed by atoms with E-state index in [1.54, 1.807) is 24.3 Å². The highest BCUT2D eigenvalue weighted by Crippen LogP contribution is 2.19. The Hall–Kier alpha value is -3.15. The second-order valence-corrected chi connectivity index (χ2v) is 5.92. The molecule has 0 saturated heterocycles. The van der Waals surface area contributed by atoms with Gasteiger partial charge < -0.3 is 15.4 Å². The summed E-state index contributed by atoms with van der Waals surface area (Å²) in [6.45, 7) is 3.97. The number of amides is 2. The number of carbonyl (C=O) groups is 3. The third kappa shape index (κ3) is 5.17. The van der Waals surface area contributed by atoms with Crippen LogP contribution in [0.25, 0.3) is 0 Å². The highest BCUT2D eigenvalue weighted by atomic mass is 16.5. The van der Waals surface area contributed by atoms with E-state index in [2.05, 4.69) is 15.4 Å². The maximum atomic E-state index is 12.6. The van der Waals surface area contributed by atoms with Gasteiger partial charge >= 0.3 is 5.97 Å². The Labute approximate surface area is 152 Å². The summed E-state index contributed by atoms with van der Waals surface area (Å²) in [7, 11) is 1.27. The van der Waals surface area contributed by atoms with Gasteiger partial charge in [0.15, 0.2) is 0 Å². The number of esters is 1. The fourth-order valence-electron chi connectivity index (χ4n) is 2.34. The quantitative estimate of drug-likeness (QED) is 0.778. The van der Waals surface area contributed by atoms with Crippen LogP contribution in [0.1, 0.15) is 34.3 Å². The van der Waals surface area contributed by atoms with Crippen molar-refractivity contribution < 1.29 is 19.1 Å². The van der Waals surface area contributed by atoms with Gasteiger partial charge in [-0.25, -0.2) is 0 Å². The summed E-state index contributed by atoms with van der Waals surface area (Å²) >= 11 is 0. The molecule has 0 spiro atoms. The second kappa shape index (κ2) is 8.80. The van der Waals surface area contributed by atoms with Gasteiger partial charge in [0.1, 0.15) is 0 Å². The van der Waals surface area contributed by atoms with Crippen LogP contribution in [-0.2, 0) is 14.3 Å². The fourth-order valence-corrected chi connectivity index (χ4v) is 2.34. The van der Waals surface area contributed by atoms with Crippen LogP contribution in [0.5, 0.6) is 0 Å². The van der Waals surface area contributed by atoms with Crippen LogP contribution >= 0.6 is 0 Å². The third-order valence-electron chi connectivity index (χ3n) is 3.99. The Bertz CT molecular complexity index is 830. The van der Waals surface area contributed by atoms with Crippen LogP contribution in [0.4, 0.5) is 11.4 Å². The lowest BCUT2D eigenvalue weighted by Gasteiger charge is -2.12. The maximum Gasteiger partial charge on any atom is 0.306 e. The molecule has 2 N–H and O–H groups in total. The first-order chi connectivity index (χ1) is 12.4. The molecule has 136 valence electrons. The summed E-state index contributed by atoms with van der Waals surface area (Å²) in [6.07, 6.45) is -0.0286. The van der Waals surface area contributed by atoms with Crippen LogP contribution < -0.4 is 10.6 Å². The van der Waals surface area contributed by atoms with E-state index in [4.69, 9.17) is 0 Å². The van der Waals surface area contributed by atoms with Crippen molar-refractivity contribution in [1.29, 1.82) is 0 Å². The Kier molecular flexibility index (Phi) is 6.49. The van der Waals surface area contributed by atoms with E-state index in [0.717, 1.165) is 11.1 Å². The van der Waals surface area contributed by atoms with Crippen LogP contribution in [0.2, 0.25) is 0 Å². The molecule has 2 rings (SSSR count). The highest BCUT2D eigenvalue weighted by Gasteiger charge is 2.14. The van der Waals surface area contributed by atoms with Gasteiger partial charge in [0.25, 0.3) is 5.91 Å². The van der Waals surface area contributed by atoms with E-state index < -0.39 is 5.97 Å². The molecule has 2 aromatic rings. The lowest BCUT2D eigenvalue weighted by atomic mass is 10.1. The molecular formula is C20H22N2O4. The van der Waals surface area contributed by atoms with Gasteiger partial charge in [0.2, 0.25) is 5.91 Å². The van der Waals surface area contributed by atoms with E-state index in [9.17, 15) is 14.4 Å². The number of methoxy groups -OCH3 is 1. The minimum absolute atomic E-state index is 0.0141. The normalized spacial score (nSPS) is 10.1. The standard InChI is InChI=1S/C20H22N2O4/c1-13-8-9-15(12-14(13)2)21-20(25)16-6-4-5-7-17(16)22-18(23)10-11-19(24)26-3/h4-9,12H,10-11H2,1-3H3,(H,21,25)(H,22,23). The molecule has 0 saturated carbocycles. The van der Waals surface area contributed by atoms with Crippen molar-refractivity contribution in [2.24, 2.45) is 0 Å². The number of rotatable bonds is 6. The van der Waals surface area contributed by atoms with Gasteiger partial charge in [-0.3, -0.25) is 14.4 Å². The number of aryl methyl sites for hydroxylation is 2. The van der Waals surface area contributed by atoms with Crippen molar-refractivity contribution in [1.82, 2.24) is 0 Å². The van der Waals surface area contributed by atoms with E-state index in [1.165, 1.54) is 7.11 Å². The second-order valence-electron chi connectivity index (χ2n) is 5.92. The number of hydrogen-bond acceptors (Lipinski definition) is 4. The van der Waals surface area contributed by atoms with Crippen LogP contribution in [0.15, 0.2) is 42.5 Å². The summed E-state index contributed by atoms with van der Waals surface area (Å²) in [6, 6.07) is 12.4. The molecule has 0 aromatic heterocycles. The molecule has 0 atom stereocenters. The molecular weight excluding hydrogens is 332 g/mol. The molecule has 2 aromatic carbocycles. The van der Waals surface area contributed by atoms with E-state index in [1.807, 2.05) is 32.0 Å². The lowest BCUT2D eigenvalue weighted by molar-refractivity contribution is -0.141. The monoisotopic (exact) mass is 354 g/mol. The van der Waals surface area contributed by atoms with E-state index >= 15 is 0 Å². The average molecular weight is 354 g/mol. The SMILES string of the molecule is COC(=O)CCC(=O)Nc1ccccc1C(=O)Nc1ccc(C)c(C)c1. The third-order valence-corrected chi connectivity index (χ3v) is 3.99.